The molecule has 0 unspecified atom stereocenters. The Hall–Kier alpha value is -1.68. The van der Waals surface area contributed by atoms with Crippen LogP contribution in [0.15, 0.2) is 46.9 Å². The highest BCUT2D eigenvalue weighted by molar-refractivity contribution is 9.10. The van der Waals surface area contributed by atoms with E-state index in [0.29, 0.717) is 11.5 Å². The average molecular weight is 336 g/mol. The zero-order valence-electron chi connectivity index (χ0n) is 11.3. The molecular weight excluding hydrogens is 321 g/mol. The number of carbonyl (C=O) groups excluding carboxylic acids is 1. The predicted molar refractivity (Wildman–Crippen MR) is 82.6 cm³/mol. The van der Waals surface area contributed by atoms with Gasteiger partial charge in [0.15, 0.2) is 0 Å². The lowest BCUT2D eigenvalue weighted by molar-refractivity contribution is 0.102. The summed E-state index contributed by atoms with van der Waals surface area (Å²) in [5.74, 6) is -0.196. The van der Waals surface area contributed by atoms with Crippen molar-refractivity contribution in [3.8, 4) is 0 Å². The van der Waals surface area contributed by atoms with Gasteiger partial charge in [0.2, 0.25) is 0 Å². The van der Waals surface area contributed by atoms with Gasteiger partial charge in [-0.2, -0.15) is 0 Å². The van der Waals surface area contributed by atoms with Crippen molar-refractivity contribution in [1.29, 1.82) is 0 Å². The van der Waals surface area contributed by atoms with Crippen molar-refractivity contribution in [3.05, 3.63) is 63.9 Å². The van der Waals surface area contributed by atoms with Crippen LogP contribution in [0.1, 0.15) is 35.7 Å². The Morgan fingerprint density at radius 3 is 2.35 bits per heavy atom. The fourth-order valence-corrected chi connectivity index (χ4v) is 2.17. The summed E-state index contributed by atoms with van der Waals surface area (Å²) in [5, 5.41) is 2.79. The van der Waals surface area contributed by atoms with Gasteiger partial charge < -0.3 is 5.32 Å². The van der Waals surface area contributed by atoms with Gasteiger partial charge in [0.25, 0.3) is 5.91 Å². The molecule has 0 bridgehead atoms. The molecule has 0 spiro atoms. The van der Waals surface area contributed by atoms with E-state index < -0.39 is 0 Å². The second-order valence-corrected chi connectivity index (χ2v) is 5.71. The minimum Gasteiger partial charge on any atom is -0.322 e. The van der Waals surface area contributed by atoms with E-state index >= 15 is 0 Å². The lowest BCUT2D eigenvalue weighted by atomic mass is 10.0. The minimum absolute atomic E-state index is 0.261. The zero-order valence-corrected chi connectivity index (χ0v) is 12.9. The van der Waals surface area contributed by atoms with Crippen molar-refractivity contribution in [2.45, 2.75) is 19.8 Å². The van der Waals surface area contributed by atoms with E-state index in [4.69, 9.17) is 0 Å². The molecule has 0 aliphatic heterocycles. The molecule has 0 fully saturated rings. The van der Waals surface area contributed by atoms with Crippen LogP contribution in [0.5, 0.6) is 0 Å². The Morgan fingerprint density at radius 1 is 1.15 bits per heavy atom. The average Bonchev–Trinajstić information content (AvgIpc) is 2.42. The van der Waals surface area contributed by atoms with E-state index in [1.807, 2.05) is 24.3 Å². The van der Waals surface area contributed by atoms with Crippen LogP contribution in [0, 0.1) is 5.82 Å². The molecule has 2 nitrogen and oxygen atoms in total. The summed E-state index contributed by atoms with van der Waals surface area (Å²) >= 11 is 3.07. The van der Waals surface area contributed by atoms with Crippen LogP contribution in [-0.2, 0) is 0 Å². The van der Waals surface area contributed by atoms with E-state index in [0.717, 1.165) is 5.69 Å². The normalized spacial score (nSPS) is 10.7. The van der Waals surface area contributed by atoms with Crippen LogP contribution in [-0.4, -0.2) is 5.91 Å². The molecule has 0 aromatic heterocycles. The second kappa shape index (κ2) is 6.18. The number of hydrogen-bond acceptors (Lipinski definition) is 1. The number of hydrogen-bond donors (Lipinski definition) is 1. The monoisotopic (exact) mass is 335 g/mol. The van der Waals surface area contributed by atoms with Crippen LogP contribution in [0.25, 0.3) is 0 Å². The maximum atomic E-state index is 13.1. The van der Waals surface area contributed by atoms with Gasteiger partial charge in [0, 0.05) is 11.3 Å². The standard InChI is InChI=1S/C16H15BrFNO/c1-10(2)11-3-6-13(7-4-11)19-16(20)12-5-8-15(18)14(17)9-12/h3-10H,1-2H3,(H,19,20). The quantitative estimate of drug-likeness (QED) is 0.843. The third-order valence-electron chi connectivity index (χ3n) is 3.02. The molecule has 4 heteroatoms. The molecule has 2 rings (SSSR count). The topological polar surface area (TPSA) is 29.1 Å². The van der Waals surface area contributed by atoms with Crippen LogP contribution in [0.4, 0.5) is 10.1 Å². The number of anilines is 1. The highest BCUT2D eigenvalue weighted by Gasteiger charge is 2.09. The maximum absolute atomic E-state index is 13.1. The third kappa shape index (κ3) is 3.45. The summed E-state index contributed by atoms with van der Waals surface area (Å²) in [4.78, 5) is 12.0. The molecule has 0 aliphatic carbocycles. The number of halogens is 2. The van der Waals surface area contributed by atoms with Gasteiger partial charge in [0.1, 0.15) is 5.82 Å². The Kier molecular flexibility index (Phi) is 4.55. The van der Waals surface area contributed by atoms with Gasteiger partial charge >= 0.3 is 0 Å². The first-order valence-corrected chi connectivity index (χ1v) is 7.13. The zero-order chi connectivity index (χ0) is 14.7. The maximum Gasteiger partial charge on any atom is 0.255 e. The third-order valence-corrected chi connectivity index (χ3v) is 3.62. The largest absolute Gasteiger partial charge is 0.322 e. The van der Waals surface area contributed by atoms with E-state index in [1.54, 1.807) is 0 Å². The van der Waals surface area contributed by atoms with E-state index in [-0.39, 0.29) is 16.2 Å². The number of carbonyl (C=O) groups is 1. The van der Waals surface area contributed by atoms with Crippen LogP contribution in [0.3, 0.4) is 0 Å². The van der Waals surface area contributed by atoms with Crippen molar-refractivity contribution < 1.29 is 9.18 Å². The Labute approximate surface area is 126 Å². The summed E-state index contributed by atoms with van der Waals surface area (Å²) < 4.78 is 13.4. The van der Waals surface area contributed by atoms with Crippen molar-refractivity contribution in [2.24, 2.45) is 0 Å². The van der Waals surface area contributed by atoms with E-state index in [2.05, 4.69) is 35.1 Å². The van der Waals surface area contributed by atoms with E-state index in [9.17, 15) is 9.18 Å². The summed E-state index contributed by atoms with van der Waals surface area (Å²) in [6, 6.07) is 11.9. The molecule has 0 radical (unpaired) electrons. The molecule has 0 atom stereocenters. The van der Waals surface area contributed by atoms with Crippen LogP contribution in [0.2, 0.25) is 0 Å². The van der Waals surface area contributed by atoms with Gasteiger partial charge in [0.05, 0.1) is 4.47 Å². The first-order chi connectivity index (χ1) is 9.47. The molecular formula is C16H15BrFNO. The SMILES string of the molecule is CC(C)c1ccc(NC(=O)c2ccc(F)c(Br)c2)cc1. The fraction of sp³-hybridized carbons (Fsp3) is 0.188. The second-order valence-electron chi connectivity index (χ2n) is 4.86. The lowest BCUT2D eigenvalue weighted by Crippen LogP contribution is -2.12. The molecule has 0 saturated heterocycles. The van der Waals surface area contributed by atoms with Crippen molar-refractivity contribution in [2.75, 3.05) is 5.32 Å². The number of amides is 1. The highest BCUT2D eigenvalue weighted by atomic mass is 79.9. The number of rotatable bonds is 3. The predicted octanol–water partition coefficient (Wildman–Crippen LogP) is 4.96. The first kappa shape index (κ1) is 14.7. The summed E-state index contributed by atoms with van der Waals surface area (Å²) in [7, 11) is 0. The van der Waals surface area contributed by atoms with Gasteiger partial charge in [-0.15, -0.1) is 0 Å². The summed E-state index contributed by atoms with van der Waals surface area (Å²) in [5.41, 5.74) is 2.35. The molecule has 104 valence electrons. The Balaban J connectivity index is 2.12. The van der Waals surface area contributed by atoms with E-state index in [1.165, 1.54) is 23.8 Å². The highest BCUT2D eigenvalue weighted by Crippen LogP contribution is 2.20. The first-order valence-electron chi connectivity index (χ1n) is 6.33. The Morgan fingerprint density at radius 2 is 1.80 bits per heavy atom. The van der Waals surface area contributed by atoms with Crippen LogP contribution < -0.4 is 5.32 Å². The fourth-order valence-electron chi connectivity index (χ4n) is 1.79. The summed E-state index contributed by atoms with van der Waals surface area (Å²) in [6.07, 6.45) is 0. The molecule has 1 amide bonds. The Bertz CT molecular complexity index is 623. The molecule has 1 N–H and O–H groups in total. The number of nitrogens with one attached hydrogen (secondary N) is 1. The molecule has 2 aromatic carbocycles. The molecule has 0 saturated carbocycles. The van der Waals surface area contributed by atoms with Crippen molar-refractivity contribution in [3.63, 3.8) is 0 Å². The van der Waals surface area contributed by atoms with Crippen molar-refractivity contribution in [1.82, 2.24) is 0 Å². The lowest BCUT2D eigenvalue weighted by Gasteiger charge is -2.09. The minimum atomic E-state index is -0.386. The molecule has 2 aromatic rings. The number of benzene rings is 2. The van der Waals surface area contributed by atoms with Gasteiger partial charge in [-0.05, 0) is 57.7 Å². The van der Waals surface area contributed by atoms with Gasteiger partial charge in [-0.1, -0.05) is 26.0 Å². The van der Waals surface area contributed by atoms with Gasteiger partial charge in [-0.3, -0.25) is 4.79 Å². The molecule has 20 heavy (non-hydrogen) atoms. The smallest absolute Gasteiger partial charge is 0.255 e. The molecule has 0 aliphatic rings. The van der Waals surface area contributed by atoms with Crippen LogP contribution >= 0.6 is 15.9 Å². The van der Waals surface area contributed by atoms with Gasteiger partial charge in [-0.25, -0.2) is 4.39 Å². The van der Waals surface area contributed by atoms with Crippen molar-refractivity contribution >= 4 is 27.5 Å². The molecule has 0 heterocycles. The summed E-state index contributed by atoms with van der Waals surface area (Å²) in [6.45, 7) is 4.23.